The molecule has 0 atom stereocenters. The first-order valence-electron chi connectivity index (χ1n) is 9.99. The van der Waals surface area contributed by atoms with Gasteiger partial charge in [0.25, 0.3) is 0 Å². The molecule has 0 bridgehead atoms. The Labute approximate surface area is 178 Å². The van der Waals surface area contributed by atoms with E-state index in [2.05, 4.69) is 5.32 Å². The van der Waals surface area contributed by atoms with E-state index < -0.39 is 10.0 Å². The monoisotopic (exact) mass is 434 g/mol. The van der Waals surface area contributed by atoms with Crippen LogP contribution in [0.3, 0.4) is 0 Å². The number of nitrogens with one attached hydrogen (secondary N) is 1. The summed E-state index contributed by atoms with van der Waals surface area (Å²) in [5, 5.41) is 3.46. The molecule has 156 valence electrons. The van der Waals surface area contributed by atoms with E-state index >= 15 is 0 Å². The molecule has 5 nitrogen and oxygen atoms in total. The van der Waals surface area contributed by atoms with Crippen molar-refractivity contribution in [2.75, 3.05) is 12.4 Å². The fourth-order valence-corrected chi connectivity index (χ4v) is 5.34. The molecule has 1 N–H and O–H groups in total. The number of anilines is 1. The molecule has 0 unspecified atom stereocenters. The summed E-state index contributed by atoms with van der Waals surface area (Å²) >= 11 is 6.12. The smallest absolute Gasteiger partial charge is 0.243 e. The minimum Gasteiger partial charge on any atom is -0.326 e. The topological polar surface area (TPSA) is 66.5 Å². The summed E-state index contributed by atoms with van der Waals surface area (Å²) in [6.07, 6.45) is 5.99. The van der Waals surface area contributed by atoms with Gasteiger partial charge in [-0.05, 0) is 55.2 Å². The number of benzene rings is 2. The van der Waals surface area contributed by atoms with Crippen LogP contribution >= 0.6 is 11.6 Å². The van der Waals surface area contributed by atoms with Crippen LogP contribution in [-0.2, 0) is 21.2 Å². The molecule has 7 heteroatoms. The van der Waals surface area contributed by atoms with Gasteiger partial charge in [-0.2, -0.15) is 4.31 Å². The van der Waals surface area contributed by atoms with E-state index in [1.54, 1.807) is 37.4 Å². The summed E-state index contributed by atoms with van der Waals surface area (Å²) in [5.74, 6) is -0.139. The Morgan fingerprint density at radius 3 is 2.38 bits per heavy atom. The number of hydrogen-bond donors (Lipinski definition) is 1. The highest BCUT2D eigenvalue weighted by molar-refractivity contribution is 7.89. The lowest BCUT2D eigenvalue weighted by atomic mass is 9.96. The van der Waals surface area contributed by atoms with Crippen molar-refractivity contribution < 1.29 is 13.2 Å². The second-order valence-electron chi connectivity index (χ2n) is 7.48. The van der Waals surface area contributed by atoms with E-state index in [4.69, 9.17) is 11.6 Å². The van der Waals surface area contributed by atoms with Gasteiger partial charge in [0, 0.05) is 30.2 Å². The maximum absolute atomic E-state index is 12.9. The molecule has 0 aromatic heterocycles. The molecular formula is C22H27ClN2O3S. The van der Waals surface area contributed by atoms with Gasteiger partial charge in [0.2, 0.25) is 15.9 Å². The number of aryl methyl sites for hydroxylation is 1. The van der Waals surface area contributed by atoms with Crippen molar-refractivity contribution in [3.8, 4) is 0 Å². The van der Waals surface area contributed by atoms with Gasteiger partial charge in [-0.1, -0.05) is 49.1 Å². The van der Waals surface area contributed by atoms with Gasteiger partial charge >= 0.3 is 0 Å². The van der Waals surface area contributed by atoms with Crippen LogP contribution in [0.25, 0.3) is 0 Å². The van der Waals surface area contributed by atoms with Crippen molar-refractivity contribution in [1.82, 2.24) is 4.31 Å². The molecule has 0 saturated heterocycles. The maximum atomic E-state index is 12.9. The summed E-state index contributed by atoms with van der Waals surface area (Å²) in [6, 6.07) is 13.9. The van der Waals surface area contributed by atoms with E-state index in [-0.39, 0.29) is 16.8 Å². The zero-order valence-corrected chi connectivity index (χ0v) is 18.2. The van der Waals surface area contributed by atoms with Crippen LogP contribution < -0.4 is 5.32 Å². The van der Waals surface area contributed by atoms with Crippen LogP contribution in [0, 0.1) is 0 Å². The zero-order chi connectivity index (χ0) is 20.9. The van der Waals surface area contributed by atoms with Crippen LogP contribution in [0.4, 0.5) is 5.69 Å². The largest absolute Gasteiger partial charge is 0.326 e. The van der Waals surface area contributed by atoms with Crippen LogP contribution in [0.1, 0.15) is 44.1 Å². The molecule has 1 amide bonds. The Kier molecular flexibility index (Phi) is 7.33. The number of nitrogens with zero attached hydrogens (tertiary/aromatic N) is 1. The summed E-state index contributed by atoms with van der Waals surface area (Å²) < 4.78 is 27.3. The van der Waals surface area contributed by atoms with Crippen molar-refractivity contribution in [3.05, 3.63) is 59.1 Å². The van der Waals surface area contributed by atoms with Gasteiger partial charge in [0.15, 0.2) is 0 Å². The third-order valence-corrected chi connectivity index (χ3v) is 7.78. The minimum absolute atomic E-state index is 0.0675. The number of hydrogen-bond acceptors (Lipinski definition) is 3. The molecular weight excluding hydrogens is 408 g/mol. The highest BCUT2D eigenvalue weighted by Crippen LogP contribution is 2.27. The average molecular weight is 435 g/mol. The van der Waals surface area contributed by atoms with Gasteiger partial charge in [-0.3, -0.25) is 4.79 Å². The molecule has 0 heterocycles. The number of halogens is 1. The first-order valence-corrected chi connectivity index (χ1v) is 11.8. The fourth-order valence-electron chi connectivity index (χ4n) is 3.69. The zero-order valence-electron chi connectivity index (χ0n) is 16.6. The average Bonchev–Trinajstić information content (AvgIpc) is 2.73. The van der Waals surface area contributed by atoms with Crippen molar-refractivity contribution in [3.63, 3.8) is 0 Å². The lowest BCUT2D eigenvalue weighted by Crippen LogP contribution is -2.38. The third-order valence-electron chi connectivity index (χ3n) is 5.48. The first kappa shape index (κ1) is 21.8. The molecule has 1 fully saturated rings. The Morgan fingerprint density at radius 1 is 1.07 bits per heavy atom. The predicted molar refractivity (Wildman–Crippen MR) is 117 cm³/mol. The SMILES string of the molecule is CN(C1CCCCC1)S(=O)(=O)c1ccc(NC(=O)CCc2ccccc2Cl)cc1. The normalized spacial score (nSPS) is 15.4. The van der Waals surface area contributed by atoms with Crippen molar-refractivity contribution in [1.29, 1.82) is 0 Å². The van der Waals surface area contributed by atoms with Crippen LogP contribution in [-0.4, -0.2) is 31.7 Å². The number of rotatable bonds is 7. The summed E-state index contributed by atoms with van der Waals surface area (Å²) in [6.45, 7) is 0. The van der Waals surface area contributed by atoms with Gasteiger partial charge in [0.05, 0.1) is 4.90 Å². The highest BCUT2D eigenvalue weighted by atomic mass is 35.5. The van der Waals surface area contributed by atoms with Gasteiger partial charge in [-0.15, -0.1) is 0 Å². The molecule has 0 radical (unpaired) electrons. The van der Waals surface area contributed by atoms with Crippen molar-refractivity contribution in [2.45, 2.75) is 55.9 Å². The first-order chi connectivity index (χ1) is 13.9. The fraction of sp³-hybridized carbons (Fsp3) is 0.409. The lowest BCUT2D eigenvalue weighted by molar-refractivity contribution is -0.116. The van der Waals surface area contributed by atoms with E-state index in [1.165, 1.54) is 10.7 Å². The molecule has 2 aromatic rings. The van der Waals surface area contributed by atoms with E-state index in [9.17, 15) is 13.2 Å². The van der Waals surface area contributed by atoms with Crippen molar-refractivity contribution in [2.24, 2.45) is 0 Å². The number of carbonyl (C=O) groups is 1. The summed E-state index contributed by atoms with van der Waals surface area (Å²) in [4.78, 5) is 12.5. The Balaban J connectivity index is 1.59. The van der Waals surface area contributed by atoms with Crippen LogP contribution in [0.5, 0.6) is 0 Å². The summed E-state index contributed by atoms with van der Waals surface area (Å²) in [5.41, 5.74) is 1.50. The predicted octanol–water partition coefficient (Wildman–Crippen LogP) is 4.86. The maximum Gasteiger partial charge on any atom is 0.243 e. The minimum atomic E-state index is -3.53. The lowest BCUT2D eigenvalue weighted by Gasteiger charge is -2.30. The molecule has 0 spiro atoms. The molecule has 29 heavy (non-hydrogen) atoms. The molecule has 2 aromatic carbocycles. The van der Waals surface area contributed by atoms with Crippen molar-refractivity contribution >= 4 is 33.2 Å². The highest BCUT2D eigenvalue weighted by Gasteiger charge is 2.28. The standard InChI is InChI=1S/C22H27ClN2O3S/c1-25(19-8-3-2-4-9-19)29(27,28)20-14-12-18(13-15-20)24-22(26)16-11-17-7-5-6-10-21(17)23/h5-7,10,12-15,19H,2-4,8-9,11,16H2,1H3,(H,24,26). The molecule has 0 aliphatic heterocycles. The molecule has 1 aliphatic rings. The molecule has 1 saturated carbocycles. The molecule has 3 rings (SSSR count). The molecule has 1 aliphatic carbocycles. The van der Waals surface area contributed by atoms with Crippen LogP contribution in [0.2, 0.25) is 5.02 Å². The Hall–Kier alpha value is -1.89. The second-order valence-corrected chi connectivity index (χ2v) is 9.88. The van der Waals surface area contributed by atoms with Crippen LogP contribution in [0.15, 0.2) is 53.4 Å². The third kappa shape index (κ3) is 5.59. The quantitative estimate of drug-likeness (QED) is 0.676. The van der Waals surface area contributed by atoms with E-state index in [0.717, 1.165) is 31.2 Å². The summed E-state index contributed by atoms with van der Waals surface area (Å²) in [7, 11) is -1.87. The number of sulfonamides is 1. The van der Waals surface area contributed by atoms with E-state index in [1.807, 2.05) is 18.2 Å². The van der Waals surface area contributed by atoms with E-state index in [0.29, 0.717) is 23.6 Å². The Morgan fingerprint density at radius 2 is 1.72 bits per heavy atom. The number of carbonyl (C=O) groups excluding carboxylic acids is 1. The number of amides is 1. The van der Waals surface area contributed by atoms with Gasteiger partial charge < -0.3 is 5.32 Å². The Bertz CT molecular complexity index is 939. The second kappa shape index (κ2) is 9.74. The van der Waals surface area contributed by atoms with Gasteiger partial charge in [-0.25, -0.2) is 8.42 Å². The van der Waals surface area contributed by atoms with Gasteiger partial charge in [0.1, 0.15) is 0 Å².